The largest absolute Gasteiger partial charge is 0.466 e. The number of carbonyl (C=O) groups is 2. The van der Waals surface area contributed by atoms with Crippen molar-refractivity contribution in [3.05, 3.63) is 47.5 Å². The fraction of sp³-hybridized carbons (Fsp3) is 0.412. The number of rotatable bonds is 3. The Kier molecular flexibility index (Phi) is 5.58. The summed E-state index contributed by atoms with van der Waals surface area (Å²) in [5.74, 6) is -0.345. The van der Waals surface area contributed by atoms with Gasteiger partial charge in [-0.2, -0.15) is 0 Å². The Bertz CT molecular complexity index is 553. The molecule has 1 atom stereocenters. The molecule has 1 aliphatic rings. The van der Waals surface area contributed by atoms with Crippen molar-refractivity contribution in [1.82, 2.24) is 4.90 Å². The third-order valence-corrected chi connectivity index (χ3v) is 3.73. The normalized spacial score (nSPS) is 19.8. The van der Waals surface area contributed by atoms with E-state index in [1.54, 1.807) is 4.90 Å². The molecule has 0 saturated carbocycles. The summed E-state index contributed by atoms with van der Waals surface area (Å²) in [5.41, 5.74) is 1.97. The zero-order valence-corrected chi connectivity index (χ0v) is 13.0. The number of benzene rings is 1. The van der Waals surface area contributed by atoms with Crippen LogP contribution >= 0.6 is 0 Å². The SMILES string of the molecule is COC(=O)/C=C1\CCN(C(=O)OCc2ccccc2)[C@@H](C)C1. The van der Waals surface area contributed by atoms with Gasteiger partial charge in [-0.3, -0.25) is 0 Å². The standard InChI is InChI=1S/C17H21NO4/c1-13-10-15(11-16(19)21-2)8-9-18(13)17(20)22-12-14-6-4-3-5-7-14/h3-7,11,13H,8-10,12H2,1-2H3/b15-11+/t13-/m0/s1. The molecule has 1 aromatic carbocycles. The summed E-state index contributed by atoms with van der Waals surface area (Å²) < 4.78 is 9.98. The molecule has 22 heavy (non-hydrogen) atoms. The zero-order chi connectivity index (χ0) is 15.9. The van der Waals surface area contributed by atoms with Crippen molar-refractivity contribution in [1.29, 1.82) is 0 Å². The van der Waals surface area contributed by atoms with Crippen molar-refractivity contribution >= 4 is 12.1 Å². The third kappa shape index (κ3) is 4.35. The third-order valence-electron chi connectivity index (χ3n) is 3.73. The Hall–Kier alpha value is -2.30. The summed E-state index contributed by atoms with van der Waals surface area (Å²) in [6.45, 7) is 2.78. The Morgan fingerprint density at radius 3 is 2.68 bits per heavy atom. The zero-order valence-electron chi connectivity index (χ0n) is 13.0. The van der Waals surface area contributed by atoms with Crippen molar-refractivity contribution < 1.29 is 19.1 Å². The van der Waals surface area contributed by atoms with Crippen LogP contribution in [0.3, 0.4) is 0 Å². The first-order valence-electron chi connectivity index (χ1n) is 7.35. The molecular formula is C17H21NO4. The molecule has 1 heterocycles. The first-order chi connectivity index (χ1) is 10.6. The van der Waals surface area contributed by atoms with Crippen molar-refractivity contribution in [2.45, 2.75) is 32.4 Å². The Morgan fingerprint density at radius 2 is 2.05 bits per heavy atom. The number of hydrogen-bond acceptors (Lipinski definition) is 4. The lowest BCUT2D eigenvalue weighted by Crippen LogP contribution is -2.43. The molecule has 1 aromatic rings. The Morgan fingerprint density at radius 1 is 1.32 bits per heavy atom. The number of piperidine rings is 1. The number of esters is 1. The maximum Gasteiger partial charge on any atom is 0.410 e. The first kappa shape index (κ1) is 16.1. The van der Waals surface area contributed by atoms with E-state index < -0.39 is 0 Å². The molecule has 0 N–H and O–H groups in total. The molecule has 1 saturated heterocycles. The Labute approximate surface area is 130 Å². The minimum atomic E-state index is -0.345. The van der Waals surface area contributed by atoms with Crippen LogP contribution in [0.4, 0.5) is 4.79 Å². The average molecular weight is 303 g/mol. The number of likely N-dealkylation sites (tertiary alicyclic amines) is 1. The van der Waals surface area contributed by atoms with Gasteiger partial charge >= 0.3 is 12.1 Å². The van der Waals surface area contributed by atoms with E-state index in [0.29, 0.717) is 19.4 Å². The number of amides is 1. The van der Waals surface area contributed by atoms with Crippen LogP contribution in [-0.2, 0) is 20.9 Å². The highest BCUT2D eigenvalue weighted by Gasteiger charge is 2.27. The number of carbonyl (C=O) groups excluding carboxylic acids is 2. The van der Waals surface area contributed by atoms with Crippen LogP contribution in [0.2, 0.25) is 0 Å². The number of hydrogen-bond donors (Lipinski definition) is 0. The van der Waals surface area contributed by atoms with Gasteiger partial charge in [0.25, 0.3) is 0 Å². The van der Waals surface area contributed by atoms with Gasteiger partial charge in [0, 0.05) is 18.7 Å². The van der Waals surface area contributed by atoms with E-state index in [-0.39, 0.29) is 24.7 Å². The summed E-state index contributed by atoms with van der Waals surface area (Å²) in [6, 6.07) is 9.60. The highest BCUT2D eigenvalue weighted by molar-refractivity contribution is 5.82. The number of nitrogens with zero attached hydrogens (tertiary/aromatic N) is 1. The summed E-state index contributed by atoms with van der Waals surface area (Å²) >= 11 is 0. The van der Waals surface area contributed by atoms with E-state index in [1.165, 1.54) is 13.2 Å². The van der Waals surface area contributed by atoms with Gasteiger partial charge in [-0.1, -0.05) is 35.9 Å². The fourth-order valence-corrected chi connectivity index (χ4v) is 2.51. The van der Waals surface area contributed by atoms with E-state index in [0.717, 1.165) is 11.1 Å². The van der Waals surface area contributed by atoms with Gasteiger partial charge in [-0.05, 0) is 25.3 Å². The van der Waals surface area contributed by atoms with Gasteiger partial charge in [-0.25, -0.2) is 9.59 Å². The van der Waals surface area contributed by atoms with Crippen LogP contribution in [0.25, 0.3) is 0 Å². The molecule has 5 heteroatoms. The van der Waals surface area contributed by atoms with Gasteiger partial charge in [0.15, 0.2) is 0 Å². The molecule has 118 valence electrons. The monoisotopic (exact) mass is 303 g/mol. The lowest BCUT2D eigenvalue weighted by atomic mass is 9.98. The van der Waals surface area contributed by atoms with Crippen LogP contribution in [0.1, 0.15) is 25.3 Å². The summed E-state index contributed by atoms with van der Waals surface area (Å²) in [7, 11) is 1.36. The van der Waals surface area contributed by atoms with Crippen molar-refractivity contribution in [3.63, 3.8) is 0 Å². The lowest BCUT2D eigenvalue weighted by molar-refractivity contribution is -0.134. The van der Waals surface area contributed by atoms with Crippen LogP contribution in [0.15, 0.2) is 42.0 Å². The average Bonchev–Trinajstić information content (AvgIpc) is 2.53. The number of ether oxygens (including phenoxy) is 2. The second-order valence-electron chi connectivity index (χ2n) is 5.36. The molecule has 0 unspecified atom stereocenters. The molecule has 0 aliphatic carbocycles. The molecule has 0 bridgehead atoms. The minimum absolute atomic E-state index is 0.00734. The van der Waals surface area contributed by atoms with Crippen molar-refractivity contribution in [2.75, 3.05) is 13.7 Å². The van der Waals surface area contributed by atoms with Crippen LogP contribution in [0, 0.1) is 0 Å². The summed E-state index contributed by atoms with van der Waals surface area (Å²) in [6.07, 6.45) is 2.53. The van der Waals surface area contributed by atoms with E-state index in [2.05, 4.69) is 4.74 Å². The first-order valence-corrected chi connectivity index (χ1v) is 7.35. The predicted octanol–water partition coefficient (Wildman–Crippen LogP) is 2.91. The van der Waals surface area contributed by atoms with Gasteiger partial charge in [0.2, 0.25) is 0 Å². The molecule has 0 aromatic heterocycles. The van der Waals surface area contributed by atoms with E-state index in [4.69, 9.17) is 4.74 Å². The molecule has 1 aliphatic heterocycles. The lowest BCUT2D eigenvalue weighted by Gasteiger charge is -2.33. The highest BCUT2D eigenvalue weighted by atomic mass is 16.6. The topological polar surface area (TPSA) is 55.8 Å². The number of methoxy groups -OCH3 is 1. The van der Waals surface area contributed by atoms with E-state index in [9.17, 15) is 9.59 Å². The van der Waals surface area contributed by atoms with Crippen molar-refractivity contribution in [3.8, 4) is 0 Å². The second-order valence-corrected chi connectivity index (χ2v) is 5.36. The van der Waals surface area contributed by atoms with Crippen LogP contribution < -0.4 is 0 Å². The summed E-state index contributed by atoms with van der Waals surface area (Å²) in [5, 5.41) is 0. The molecular weight excluding hydrogens is 282 g/mol. The molecule has 0 spiro atoms. The maximum atomic E-state index is 12.2. The van der Waals surface area contributed by atoms with E-state index >= 15 is 0 Å². The quantitative estimate of drug-likeness (QED) is 0.636. The maximum absolute atomic E-state index is 12.2. The molecule has 0 radical (unpaired) electrons. The molecule has 1 amide bonds. The van der Waals surface area contributed by atoms with Gasteiger partial charge in [0.05, 0.1) is 7.11 Å². The Balaban J connectivity index is 1.87. The minimum Gasteiger partial charge on any atom is -0.466 e. The molecule has 5 nitrogen and oxygen atoms in total. The molecule has 1 fully saturated rings. The van der Waals surface area contributed by atoms with Crippen LogP contribution in [0.5, 0.6) is 0 Å². The van der Waals surface area contributed by atoms with E-state index in [1.807, 2.05) is 37.3 Å². The van der Waals surface area contributed by atoms with Crippen molar-refractivity contribution in [2.24, 2.45) is 0 Å². The van der Waals surface area contributed by atoms with Crippen LogP contribution in [-0.4, -0.2) is 36.7 Å². The smallest absolute Gasteiger partial charge is 0.410 e. The predicted molar refractivity (Wildman–Crippen MR) is 82.1 cm³/mol. The van der Waals surface area contributed by atoms with Gasteiger partial charge < -0.3 is 14.4 Å². The van der Waals surface area contributed by atoms with Gasteiger partial charge in [0.1, 0.15) is 6.61 Å². The highest BCUT2D eigenvalue weighted by Crippen LogP contribution is 2.23. The summed E-state index contributed by atoms with van der Waals surface area (Å²) in [4.78, 5) is 25.1. The molecule has 2 rings (SSSR count). The second kappa shape index (κ2) is 7.64. The van der Waals surface area contributed by atoms with Gasteiger partial charge in [-0.15, -0.1) is 0 Å². The fourth-order valence-electron chi connectivity index (χ4n) is 2.51.